The van der Waals surface area contributed by atoms with Crippen molar-refractivity contribution in [2.75, 3.05) is 5.32 Å². The van der Waals surface area contributed by atoms with Crippen LogP contribution in [0.4, 0.5) is 5.82 Å². The molecule has 4 heteroatoms. The van der Waals surface area contributed by atoms with Gasteiger partial charge in [0, 0.05) is 12.6 Å². The summed E-state index contributed by atoms with van der Waals surface area (Å²) in [4.78, 5) is 17.5. The van der Waals surface area contributed by atoms with Gasteiger partial charge in [-0.3, -0.25) is 4.79 Å². The summed E-state index contributed by atoms with van der Waals surface area (Å²) in [6, 6.07) is 9.84. The van der Waals surface area contributed by atoms with Crippen LogP contribution in [0, 0.1) is 0 Å². The average molecular weight is 229 g/mol. The second-order valence-electron chi connectivity index (χ2n) is 3.82. The average Bonchev–Trinajstić information content (AvgIpc) is 2.37. The first-order valence-electron chi connectivity index (χ1n) is 5.64. The fourth-order valence-electron chi connectivity index (χ4n) is 1.55. The van der Waals surface area contributed by atoms with Crippen LogP contribution < -0.4 is 10.9 Å². The van der Waals surface area contributed by atoms with Gasteiger partial charge in [-0.15, -0.1) is 0 Å². The lowest BCUT2D eigenvalue weighted by molar-refractivity contribution is 1.05. The van der Waals surface area contributed by atoms with Crippen LogP contribution in [0.5, 0.6) is 0 Å². The highest BCUT2D eigenvalue weighted by atomic mass is 16.1. The molecule has 2 N–H and O–H groups in total. The molecule has 2 rings (SSSR count). The van der Waals surface area contributed by atoms with Crippen molar-refractivity contribution in [2.24, 2.45) is 0 Å². The zero-order valence-electron chi connectivity index (χ0n) is 9.73. The van der Waals surface area contributed by atoms with E-state index < -0.39 is 0 Å². The standard InChI is InChI=1S/C13H15N3O/c1-2-10-3-5-11(6-4-10)8-14-12-7-13(17)16-9-15-12/h3-7,9H,2,8H2,1H3,(H2,14,15,16,17). The zero-order chi connectivity index (χ0) is 12.1. The second kappa shape index (κ2) is 5.30. The molecule has 2 aromatic rings. The molecule has 0 aliphatic heterocycles. The summed E-state index contributed by atoms with van der Waals surface area (Å²) in [5, 5.41) is 3.11. The highest BCUT2D eigenvalue weighted by Crippen LogP contribution is 2.07. The van der Waals surface area contributed by atoms with E-state index in [4.69, 9.17) is 0 Å². The third-order valence-corrected chi connectivity index (χ3v) is 2.58. The van der Waals surface area contributed by atoms with Crippen molar-refractivity contribution in [3.63, 3.8) is 0 Å². The Morgan fingerprint density at radius 1 is 1.24 bits per heavy atom. The molecule has 0 bridgehead atoms. The summed E-state index contributed by atoms with van der Waals surface area (Å²) in [7, 11) is 0. The Bertz CT molecular complexity index is 531. The van der Waals surface area contributed by atoms with Gasteiger partial charge in [-0.05, 0) is 17.5 Å². The van der Waals surface area contributed by atoms with Gasteiger partial charge >= 0.3 is 0 Å². The number of rotatable bonds is 4. The van der Waals surface area contributed by atoms with Gasteiger partial charge in [0.2, 0.25) is 0 Å². The van der Waals surface area contributed by atoms with Gasteiger partial charge in [-0.2, -0.15) is 0 Å². The Labute approximate surface area is 99.7 Å². The molecule has 4 nitrogen and oxygen atoms in total. The minimum Gasteiger partial charge on any atom is -0.366 e. The van der Waals surface area contributed by atoms with E-state index in [-0.39, 0.29) is 5.56 Å². The molecule has 0 saturated heterocycles. The van der Waals surface area contributed by atoms with Crippen LogP contribution in [-0.2, 0) is 13.0 Å². The van der Waals surface area contributed by atoms with Crippen molar-refractivity contribution >= 4 is 5.82 Å². The lowest BCUT2D eigenvalue weighted by Gasteiger charge is -2.05. The van der Waals surface area contributed by atoms with Gasteiger partial charge in [-0.1, -0.05) is 31.2 Å². The molecule has 1 aromatic heterocycles. The molecule has 0 fully saturated rings. The first-order valence-corrected chi connectivity index (χ1v) is 5.64. The van der Waals surface area contributed by atoms with Gasteiger partial charge in [0.25, 0.3) is 5.56 Å². The number of anilines is 1. The van der Waals surface area contributed by atoms with E-state index in [0.717, 1.165) is 6.42 Å². The monoisotopic (exact) mass is 229 g/mol. The van der Waals surface area contributed by atoms with Crippen LogP contribution in [-0.4, -0.2) is 9.97 Å². The van der Waals surface area contributed by atoms with Gasteiger partial charge in [0.15, 0.2) is 0 Å². The summed E-state index contributed by atoms with van der Waals surface area (Å²) in [6.07, 6.45) is 2.44. The Kier molecular flexibility index (Phi) is 3.55. The molecule has 0 spiro atoms. The van der Waals surface area contributed by atoms with Gasteiger partial charge < -0.3 is 10.3 Å². The topological polar surface area (TPSA) is 57.8 Å². The van der Waals surface area contributed by atoms with Crippen LogP contribution in [0.2, 0.25) is 0 Å². The fourth-order valence-corrected chi connectivity index (χ4v) is 1.55. The number of nitrogens with zero attached hydrogens (tertiary/aromatic N) is 1. The predicted octanol–water partition coefficient (Wildman–Crippen LogP) is 1.94. The lowest BCUT2D eigenvalue weighted by atomic mass is 10.1. The molecule has 0 amide bonds. The number of aromatic nitrogens is 2. The zero-order valence-corrected chi connectivity index (χ0v) is 9.73. The molecule has 1 aromatic carbocycles. The number of hydrogen-bond donors (Lipinski definition) is 2. The SMILES string of the molecule is CCc1ccc(CNc2cc(=O)[nH]cn2)cc1. The summed E-state index contributed by atoms with van der Waals surface area (Å²) in [6.45, 7) is 2.80. The number of H-pyrrole nitrogens is 1. The molecule has 0 radical (unpaired) electrons. The molecule has 0 unspecified atom stereocenters. The maximum Gasteiger partial charge on any atom is 0.252 e. The summed E-state index contributed by atoms with van der Waals surface area (Å²) >= 11 is 0. The number of hydrogen-bond acceptors (Lipinski definition) is 3. The molecule has 0 saturated carbocycles. The predicted molar refractivity (Wildman–Crippen MR) is 68.0 cm³/mol. The quantitative estimate of drug-likeness (QED) is 0.842. The van der Waals surface area contributed by atoms with E-state index in [2.05, 4.69) is 46.5 Å². The van der Waals surface area contributed by atoms with Crippen molar-refractivity contribution in [1.29, 1.82) is 0 Å². The van der Waals surface area contributed by atoms with E-state index in [9.17, 15) is 4.79 Å². The van der Waals surface area contributed by atoms with E-state index in [1.54, 1.807) is 0 Å². The number of nitrogens with one attached hydrogen (secondary N) is 2. The van der Waals surface area contributed by atoms with Crippen molar-refractivity contribution in [1.82, 2.24) is 9.97 Å². The van der Waals surface area contributed by atoms with Crippen molar-refractivity contribution in [3.05, 3.63) is 58.1 Å². The maximum atomic E-state index is 11.0. The van der Waals surface area contributed by atoms with Gasteiger partial charge in [-0.25, -0.2) is 4.98 Å². The molecule has 1 heterocycles. The van der Waals surface area contributed by atoms with Crippen LogP contribution >= 0.6 is 0 Å². The molecule has 0 aliphatic rings. The van der Waals surface area contributed by atoms with E-state index >= 15 is 0 Å². The number of aryl methyl sites for hydroxylation is 1. The highest BCUT2D eigenvalue weighted by Gasteiger charge is 1.96. The normalized spacial score (nSPS) is 10.2. The highest BCUT2D eigenvalue weighted by molar-refractivity contribution is 5.34. The number of benzene rings is 1. The van der Waals surface area contributed by atoms with E-state index in [0.29, 0.717) is 12.4 Å². The minimum atomic E-state index is -0.149. The largest absolute Gasteiger partial charge is 0.366 e. The lowest BCUT2D eigenvalue weighted by Crippen LogP contribution is -2.08. The van der Waals surface area contributed by atoms with Gasteiger partial charge in [0.1, 0.15) is 5.82 Å². The van der Waals surface area contributed by atoms with Crippen LogP contribution in [0.3, 0.4) is 0 Å². The summed E-state index contributed by atoms with van der Waals surface area (Å²) in [5.41, 5.74) is 2.34. The Morgan fingerprint density at radius 3 is 2.59 bits per heavy atom. The second-order valence-corrected chi connectivity index (χ2v) is 3.82. The third-order valence-electron chi connectivity index (χ3n) is 2.58. The first kappa shape index (κ1) is 11.4. The fraction of sp³-hybridized carbons (Fsp3) is 0.231. The molecule has 17 heavy (non-hydrogen) atoms. The van der Waals surface area contributed by atoms with Crippen LogP contribution in [0.15, 0.2) is 41.5 Å². The van der Waals surface area contributed by atoms with Crippen LogP contribution in [0.25, 0.3) is 0 Å². The summed E-state index contributed by atoms with van der Waals surface area (Å²) < 4.78 is 0. The molecule has 0 atom stereocenters. The third kappa shape index (κ3) is 3.17. The summed E-state index contributed by atoms with van der Waals surface area (Å²) in [5.74, 6) is 0.591. The molecule has 0 aliphatic carbocycles. The van der Waals surface area contributed by atoms with Crippen molar-refractivity contribution in [2.45, 2.75) is 19.9 Å². The smallest absolute Gasteiger partial charge is 0.252 e. The van der Waals surface area contributed by atoms with Gasteiger partial charge in [0.05, 0.1) is 6.33 Å². The molecular formula is C13H15N3O. The molecular weight excluding hydrogens is 214 g/mol. The Balaban J connectivity index is 1.99. The first-order chi connectivity index (χ1) is 8.28. The Morgan fingerprint density at radius 2 is 1.94 bits per heavy atom. The maximum absolute atomic E-state index is 11.0. The number of aromatic amines is 1. The Hall–Kier alpha value is -2.10. The van der Waals surface area contributed by atoms with E-state index in [1.165, 1.54) is 23.5 Å². The van der Waals surface area contributed by atoms with Crippen LogP contribution in [0.1, 0.15) is 18.1 Å². The van der Waals surface area contributed by atoms with Crippen molar-refractivity contribution in [3.8, 4) is 0 Å². The molecule has 88 valence electrons. The minimum absolute atomic E-state index is 0.149. The van der Waals surface area contributed by atoms with E-state index in [1.807, 2.05) is 0 Å². The van der Waals surface area contributed by atoms with Crippen molar-refractivity contribution < 1.29 is 0 Å².